The molecule has 5 atom stereocenters. The van der Waals surface area contributed by atoms with Crippen molar-refractivity contribution in [1.82, 2.24) is 4.98 Å². The van der Waals surface area contributed by atoms with Crippen molar-refractivity contribution >= 4 is 11.6 Å². The number of nitrogens with zero attached hydrogens (tertiary/aromatic N) is 1. The van der Waals surface area contributed by atoms with Crippen LogP contribution >= 0.6 is 0 Å². The van der Waals surface area contributed by atoms with E-state index in [1.165, 1.54) is 32.4 Å². The van der Waals surface area contributed by atoms with Crippen LogP contribution in [0.5, 0.6) is 5.88 Å². The first-order chi connectivity index (χ1) is 14.2. The Morgan fingerprint density at radius 3 is 2.77 bits per heavy atom. The van der Waals surface area contributed by atoms with Crippen LogP contribution in [0.3, 0.4) is 0 Å². The van der Waals surface area contributed by atoms with Gasteiger partial charge >= 0.3 is 6.18 Å². The van der Waals surface area contributed by atoms with Gasteiger partial charge in [0, 0.05) is 30.3 Å². The minimum absolute atomic E-state index is 0.0623. The fourth-order valence-corrected chi connectivity index (χ4v) is 4.41. The molecule has 160 valence electrons. The summed E-state index contributed by atoms with van der Waals surface area (Å²) in [6, 6.07) is 7.09. The summed E-state index contributed by atoms with van der Waals surface area (Å²) >= 11 is 0. The second kappa shape index (κ2) is 7.55. The van der Waals surface area contributed by atoms with Crippen molar-refractivity contribution in [3.05, 3.63) is 53.2 Å². The van der Waals surface area contributed by atoms with Gasteiger partial charge < -0.3 is 19.9 Å². The van der Waals surface area contributed by atoms with Crippen molar-refractivity contribution in [3.63, 3.8) is 0 Å². The van der Waals surface area contributed by atoms with Gasteiger partial charge in [0.05, 0.1) is 36.9 Å². The molecular weight excluding hydrogens is 401 g/mol. The van der Waals surface area contributed by atoms with Crippen LogP contribution in [0, 0.1) is 12.8 Å². The highest BCUT2D eigenvalue weighted by molar-refractivity contribution is 5.94. The van der Waals surface area contributed by atoms with Gasteiger partial charge in [0.15, 0.2) is 0 Å². The third-order valence-corrected chi connectivity index (χ3v) is 5.79. The molecule has 4 rings (SSSR count). The van der Waals surface area contributed by atoms with Crippen molar-refractivity contribution in [3.8, 4) is 5.88 Å². The average molecular weight is 422 g/mol. The van der Waals surface area contributed by atoms with Gasteiger partial charge in [-0.2, -0.15) is 13.2 Å². The SMILES string of the molecule is COc1cc(C2C3OC(CC3O)C2C(=O)Nc2ccc(C)c(C(F)(F)F)c2)ccn1. The molecular formula is C21H21F3N2O4. The maximum atomic E-state index is 13.2. The maximum Gasteiger partial charge on any atom is 0.416 e. The summed E-state index contributed by atoms with van der Waals surface area (Å²) < 4.78 is 50.6. The Labute approximate surface area is 171 Å². The second-order valence-electron chi connectivity index (χ2n) is 7.64. The highest BCUT2D eigenvalue weighted by Gasteiger charge is 2.57. The minimum Gasteiger partial charge on any atom is -0.481 e. The predicted octanol–water partition coefficient (Wildman–Crippen LogP) is 3.29. The number of hydrogen-bond acceptors (Lipinski definition) is 5. The lowest BCUT2D eigenvalue weighted by Gasteiger charge is -2.30. The number of aliphatic hydroxyl groups is 1. The van der Waals surface area contributed by atoms with Crippen LogP contribution in [0.2, 0.25) is 0 Å². The normalized spacial score (nSPS) is 27.9. The molecule has 30 heavy (non-hydrogen) atoms. The minimum atomic E-state index is -4.51. The van der Waals surface area contributed by atoms with Crippen LogP contribution in [0.1, 0.15) is 29.0 Å². The zero-order valence-corrected chi connectivity index (χ0v) is 16.3. The van der Waals surface area contributed by atoms with E-state index in [1.54, 1.807) is 12.1 Å². The molecule has 2 fully saturated rings. The molecule has 6 nitrogen and oxygen atoms in total. The van der Waals surface area contributed by atoms with Crippen LogP contribution in [0.4, 0.5) is 18.9 Å². The number of pyridine rings is 1. The van der Waals surface area contributed by atoms with Gasteiger partial charge in [-0.15, -0.1) is 0 Å². The second-order valence-corrected chi connectivity index (χ2v) is 7.64. The standard InChI is InChI=1S/C21H21F3N2O4/c1-10-3-4-12(8-13(10)21(22,23)24)26-20(28)18-15-9-14(27)19(30-15)17(18)11-5-6-25-16(7-11)29-2/h3-8,14-15,17-19,27H,9H2,1-2H3,(H,26,28). The van der Waals surface area contributed by atoms with Crippen molar-refractivity contribution in [2.24, 2.45) is 5.92 Å². The molecule has 0 radical (unpaired) electrons. The molecule has 0 saturated carbocycles. The number of halogens is 3. The van der Waals surface area contributed by atoms with E-state index in [4.69, 9.17) is 9.47 Å². The number of methoxy groups -OCH3 is 1. The van der Waals surface area contributed by atoms with E-state index in [-0.39, 0.29) is 11.3 Å². The smallest absolute Gasteiger partial charge is 0.416 e. The highest BCUT2D eigenvalue weighted by atomic mass is 19.4. The molecule has 0 aliphatic carbocycles. The molecule has 0 spiro atoms. The molecule has 2 aliphatic heterocycles. The number of hydrogen-bond donors (Lipinski definition) is 2. The number of carbonyl (C=O) groups excluding carboxylic acids is 1. The van der Waals surface area contributed by atoms with Gasteiger partial charge in [0.1, 0.15) is 0 Å². The molecule has 5 unspecified atom stereocenters. The van der Waals surface area contributed by atoms with Crippen molar-refractivity contribution in [2.75, 3.05) is 12.4 Å². The van der Waals surface area contributed by atoms with E-state index in [0.717, 1.165) is 6.07 Å². The molecule has 2 aromatic rings. The number of benzene rings is 1. The number of amides is 1. The molecule has 2 N–H and O–H groups in total. The van der Waals surface area contributed by atoms with E-state index in [9.17, 15) is 23.1 Å². The van der Waals surface area contributed by atoms with Crippen molar-refractivity contribution in [2.45, 2.75) is 43.8 Å². The lowest BCUT2D eigenvalue weighted by molar-refractivity contribution is -0.138. The van der Waals surface area contributed by atoms with E-state index in [1.807, 2.05) is 0 Å². The molecule has 2 saturated heterocycles. The first-order valence-corrected chi connectivity index (χ1v) is 9.51. The van der Waals surface area contributed by atoms with Crippen LogP contribution in [-0.4, -0.2) is 41.4 Å². The highest BCUT2D eigenvalue weighted by Crippen LogP contribution is 2.49. The number of aliphatic hydroxyl groups excluding tert-OH is 1. The first-order valence-electron chi connectivity index (χ1n) is 9.51. The molecule has 1 aromatic carbocycles. The number of alkyl halides is 3. The lowest BCUT2D eigenvalue weighted by Crippen LogP contribution is -2.41. The molecule has 1 aromatic heterocycles. The van der Waals surface area contributed by atoms with Crippen molar-refractivity contribution in [1.29, 1.82) is 0 Å². The largest absolute Gasteiger partial charge is 0.481 e. The number of fused-ring (bicyclic) bond motifs is 2. The number of aryl methyl sites for hydroxylation is 1. The fraction of sp³-hybridized carbons (Fsp3) is 0.429. The van der Waals surface area contributed by atoms with Gasteiger partial charge in [-0.25, -0.2) is 4.98 Å². The molecule has 2 aliphatic rings. The Hall–Kier alpha value is -2.65. The zero-order chi connectivity index (χ0) is 21.6. The molecule has 1 amide bonds. The van der Waals surface area contributed by atoms with Gasteiger partial charge in [0.2, 0.25) is 11.8 Å². The Kier molecular flexibility index (Phi) is 5.19. The van der Waals surface area contributed by atoms with Gasteiger partial charge in [0.25, 0.3) is 0 Å². The number of rotatable bonds is 4. The number of nitrogens with one attached hydrogen (secondary N) is 1. The third-order valence-electron chi connectivity index (χ3n) is 5.79. The van der Waals surface area contributed by atoms with E-state index in [2.05, 4.69) is 10.3 Å². The lowest BCUT2D eigenvalue weighted by atomic mass is 9.74. The Balaban J connectivity index is 1.63. The number of aromatic nitrogens is 1. The summed E-state index contributed by atoms with van der Waals surface area (Å²) in [5, 5.41) is 12.9. The fourth-order valence-electron chi connectivity index (χ4n) is 4.41. The van der Waals surface area contributed by atoms with Crippen molar-refractivity contribution < 1.29 is 32.5 Å². The summed E-state index contributed by atoms with van der Waals surface area (Å²) in [5.74, 6) is -1.23. The van der Waals surface area contributed by atoms with Crippen LogP contribution in [0.25, 0.3) is 0 Å². The van der Waals surface area contributed by atoms with Gasteiger partial charge in [-0.05, 0) is 36.2 Å². The Morgan fingerprint density at radius 1 is 1.30 bits per heavy atom. The molecule has 9 heteroatoms. The molecule has 2 bridgehead atoms. The first kappa shape index (κ1) is 20.6. The van der Waals surface area contributed by atoms with Crippen LogP contribution in [0.15, 0.2) is 36.5 Å². The average Bonchev–Trinajstić information content (AvgIpc) is 3.25. The predicted molar refractivity (Wildman–Crippen MR) is 101 cm³/mol. The number of ether oxygens (including phenoxy) is 2. The van der Waals surface area contributed by atoms with E-state index in [0.29, 0.717) is 17.9 Å². The van der Waals surface area contributed by atoms with Crippen LogP contribution in [-0.2, 0) is 15.7 Å². The van der Waals surface area contributed by atoms with Gasteiger partial charge in [-0.3, -0.25) is 4.79 Å². The zero-order valence-electron chi connectivity index (χ0n) is 16.3. The monoisotopic (exact) mass is 422 g/mol. The summed E-state index contributed by atoms with van der Waals surface area (Å²) in [4.78, 5) is 17.2. The quantitative estimate of drug-likeness (QED) is 0.791. The van der Waals surface area contributed by atoms with E-state index < -0.39 is 47.8 Å². The maximum absolute atomic E-state index is 13.2. The van der Waals surface area contributed by atoms with Gasteiger partial charge in [-0.1, -0.05) is 6.07 Å². The Bertz CT molecular complexity index is 966. The summed E-state index contributed by atoms with van der Waals surface area (Å²) in [5.41, 5.74) is 0.0596. The summed E-state index contributed by atoms with van der Waals surface area (Å²) in [7, 11) is 1.47. The number of carbonyl (C=O) groups is 1. The summed E-state index contributed by atoms with van der Waals surface area (Å²) in [6.07, 6.45) is -4.51. The van der Waals surface area contributed by atoms with E-state index >= 15 is 0 Å². The topological polar surface area (TPSA) is 80.7 Å². The molecule has 3 heterocycles. The van der Waals surface area contributed by atoms with Crippen LogP contribution < -0.4 is 10.1 Å². The third kappa shape index (κ3) is 3.63. The Morgan fingerprint density at radius 2 is 2.07 bits per heavy atom. The summed E-state index contributed by atoms with van der Waals surface area (Å²) in [6.45, 7) is 1.37. The number of anilines is 1.